The standard InChI is InChI=1S/C27H26N6O2/c1-32-17-19(14-30-32)27-15-29-25-9-8-21(12-26(25)31-27)33(16-18-4-6-20(28)7-5-18)22-10-23(34-2)13-24(11-22)35-3/h4-15,17H,16,28H2,1-3H3. The molecule has 2 heterocycles. The lowest BCUT2D eigenvalue weighted by Crippen LogP contribution is -2.17. The highest BCUT2D eigenvalue weighted by Gasteiger charge is 2.15. The second kappa shape index (κ2) is 9.34. The Morgan fingerprint density at radius 1 is 0.857 bits per heavy atom. The van der Waals surface area contributed by atoms with E-state index in [-0.39, 0.29) is 0 Å². The molecule has 0 radical (unpaired) electrons. The van der Waals surface area contributed by atoms with Gasteiger partial charge < -0.3 is 20.1 Å². The van der Waals surface area contributed by atoms with Crippen molar-refractivity contribution in [2.75, 3.05) is 24.9 Å². The molecule has 0 amide bonds. The summed E-state index contributed by atoms with van der Waals surface area (Å²) in [4.78, 5) is 11.7. The predicted molar refractivity (Wildman–Crippen MR) is 138 cm³/mol. The first-order chi connectivity index (χ1) is 17.0. The number of hydrogen-bond donors (Lipinski definition) is 1. The highest BCUT2D eigenvalue weighted by molar-refractivity contribution is 5.82. The Kier molecular flexibility index (Phi) is 5.93. The lowest BCUT2D eigenvalue weighted by atomic mass is 10.1. The number of hydrogen-bond acceptors (Lipinski definition) is 7. The highest BCUT2D eigenvalue weighted by Crippen LogP contribution is 2.35. The van der Waals surface area contributed by atoms with Gasteiger partial charge in [-0.15, -0.1) is 0 Å². The van der Waals surface area contributed by atoms with Crippen LogP contribution in [0, 0.1) is 0 Å². The fraction of sp³-hybridized carbons (Fsp3) is 0.148. The van der Waals surface area contributed by atoms with Crippen LogP contribution in [0.5, 0.6) is 11.5 Å². The van der Waals surface area contributed by atoms with Crippen LogP contribution < -0.4 is 20.1 Å². The van der Waals surface area contributed by atoms with E-state index in [1.54, 1.807) is 31.3 Å². The fourth-order valence-corrected chi connectivity index (χ4v) is 3.95. The predicted octanol–water partition coefficient (Wildman–Crippen LogP) is 4.97. The summed E-state index contributed by atoms with van der Waals surface area (Å²) in [7, 11) is 5.18. The Labute approximate surface area is 203 Å². The molecule has 5 rings (SSSR count). The lowest BCUT2D eigenvalue weighted by molar-refractivity contribution is 0.394. The lowest BCUT2D eigenvalue weighted by Gasteiger charge is -2.26. The first kappa shape index (κ1) is 22.2. The van der Waals surface area contributed by atoms with E-state index in [0.29, 0.717) is 18.0 Å². The number of nitrogens with zero attached hydrogens (tertiary/aromatic N) is 5. The largest absolute Gasteiger partial charge is 0.497 e. The van der Waals surface area contributed by atoms with Gasteiger partial charge in [0.25, 0.3) is 0 Å². The van der Waals surface area contributed by atoms with Gasteiger partial charge >= 0.3 is 0 Å². The molecular weight excluding hydrogens is 440 g/mol. The first-order valence-corrected chi connectivity index (χ1v) is 11.1. The van der Waals surface area contributed by atoms with Crippen LogP contribution in [0.3, 0.4) is 0 Å². The van der Waals surface area contributed by atoms with Crippen LogP contribution in [0.4, 0.5) is 17.1 Å². The summed E-state index contributed by atoms with van der Waals surface area (Å²) >= 11 is 0. The van der Waals surface area contributed by atoms with Crippen molar-refractivity contribution in [2.24, 2.45) is 7.05 Å². The number of nitrogen functional groups attached to an aromatic ring is 1. The molecule has 0 bridgehead atoms. The van der Waals surface area contributed by atoms with E-state index in [4.69, 9.17) is 20.2 Å². The van der Waals surface area contributed by atoms with Gasteiger partial charge in [-0.1, -0.05) is 12.1 Å². The molecule has 3 aromatic carbocycles. The monoisotopic (exact) mass is 466 g/mol. The number of anilines is 3. The molecule has 0 fully saturated rings. The van der Waals surface area contributed by atoms with E-state index in [1.165, 1.54) is 0 Å². The Hall–Kier alpha value is -4.59. The first-order valence-electron chi connectivity index (χ1n) is 11.1. The number of methoxy groups -OCH3 is 2. The topological polar surface area (TPSA) is 91.3 Å². The van der Waals surface area contributed by atoms with Crippen molar-refractivity contribution in [1.82, 2.24) is 19.7 Å². The number of fused-ring (bicyclic) bond motifs is 1. The Balaban J connectivity index is 1.62. The zero-order chi connectivity index (χ0) is 24.4. The molecule has 35 heavy (non-hydrogen) atoms. The molecule has 2 N–H and O–H groups in total. The Morgan fingerprint density at radius 3 is 2.26 bits per heavy atom. The van der Waals surface area contributed by atoms with E-state index in [0.717, 1.165) is 44.9 Å². The minimum atomic E-state index is 0.609. The summed E-state index contributed by atoms with van der Waals surface area (Å²) in [6.45, 7) is 0.609. The number of aromatic nitrogens is 4. The summed E-state index contributed by atoms with van der Waals surface area (Å²) < 4.78 is 12.8. The summed E-state index contributed by atoms with van der Waals surface area (Å²) in [6, 6.07) is 19.8. The molecular formula is C27H26N6O2. The van der Waals surface area contributed by atoms with E-state index < -0.39 is 0 Å². The quantitative estimate of drug-likeness (QED) is 0.339. The molecule has 0 spiro atoms. The molecule has 5 aromatic rings. The Bertz CT molecular complexity index is 1460. The molecule has 0 aliphatic carbocycles. The van der Waals surface area contributed by atoms with Crippen molar-refractivity contribution in [3.63, 3.8) is 0 Å². The molecule has 0 unspecified atom stereocenters. The normalized spacial score (nSPS) is 10.9. The maximum Gasteiger partial charge on any atom is 0.124 e. The van der Waals surface area contributed by atoms with Gasteiger partial charge in [-0.2, -0.15) is 5.10 Å². The van der Waals surface area contributed by atoms with E-state index in [9.17, 15) is 0 Å². The maximum atomic E-state index is 5.91. The average Bonchev–Trinajstić information content (AvgIpc) is 3.33. The van der Waals surface area contributed by atoms with Gasteiger partial charge in [0.2, 0.25) is 0 Å². The van der Waals surface area contributed by atoms with Crippen LogP contribution in [0.25, 0.3) is 22.3 Å². The average molecular weight is 467 g/mol. The molecule has 8 heteroatoms. The number of nitrogens with two attached hydrogens (primary N) is 1. The van der Waals surface area contributed by atoms with Gasteiger partial charge in [-0.25, -0.2) is 4.98 Å². The van der Waals surface area contributed by atoms with Gasteiger partial charge in [0, 0.05) is 60.6 Å². The van der Waals surface area contributed by atoms with Crippen molar-refractivity contribution >= 4 is 28.1 Å². The summed E-state index contributed by atoms with van der Waals surface area (Å²) in [5.41, 5.74) is 12.9. The number of benzene rings is 3. The third kappa shape index (κ3) is 4.72. The minimum absolute atomic E-state index is 0.609. The van der Waals surface area contributed by atoms with Crippen LogP contribution in [-0.2, 0) is 13.6 Å². The molecule has 0 aliphatic rings. The van der Waals surface area contributed by atoms with Crippen molar-refractivity contribution in [2.45, 2.75) is 6.54 Å². The molecule has 2 aromatic heterocycles. The van der Waals surface area contributed by atoms with Crippen LogP contribution in [-0.4, -0.2) is 34.0 Å². The summed E-state index contributed by atoms with van der Waals surface area (Å²) in [6.07, 6.45) is 5.49. The molecule has 176 valence electrons. The SMILES string of the molecule is COc1cc(OC)cc(N(Cc2ccc(N)cc2)c2ccc3ncc(-c4cnn(C)c4)nc3c2)c1. The molecule has 8 nitrogen and oxygen atoms in total. The summed E-state index contributed by atoms with van der Waals surface area (Å²) in [5.74, 6) is 1.42. The van der Waals surface area contributed by atoms with Gasteiger partial charge in [0.05, 0.1) is 43.3 Å². The second-order valence-corrected chi connectivity index (χ2v) is 8.23. The minimum Gasteiger partial charge on any atom is -0.497 e. The van der Waals surface area contributed by atoms with Crippen LogP contribution in [0.2, 0.25) is 0 Å². The third-order valence-electron chi connectivity index (χ3n) is 5.81. The number of aryl methyl sites for hydroxylation is 1. The summed E-state index contributed by atoms with van der Waals surface area (Å²) in [5, 5.41) is 4.25. The van der Waals surface area contributed by atoms with Crippen LogP contribution in [0.15, 0.2) is 79.3 Å². The molecule has 0 saturated heterocycles. The van der Waals surface area contributed by atoms with Gasteiger partial charge in [0.15, 0.2) is 0 Å². The van der Waals surface area contributed by atoms with Gasteiger partial charge in [0.1, 0.15) is 11.5 Å². The second-order valence-electron chi connectivity index (χ2n) is 8.23. The number of rotatable bonds is 7. The zero-order valence-corrected chi connectivity index (χ0v) is 19.8. The van der Waals surface area contributed by atoms with Crippen molar-refractivity contribution < 1.29 is 9.47 Å². The van der Waals surface area contributed by atoms with E-state index >= 15 is 0 Å². The van der Waals surface area contributed by atoms with Crippen molar-refractivity contribution in [1.29, 1.82) is 0 Å². The van der Waals surface area contributed by atoms with E-state index in [1.807, 2.05) is 73.9 Å². The van der Waals surface area contributed by atoms with Crippen molar-refractivity contribution in [3.05, 3.63) is 84.8 Å². The molecule has 0 aliphatic heterocycles. The zero-order valence-electron chi connectivity index (χ0n) is 19.8. The molecule has 0 atom stereocenters. The van der Waals surface area contributed by atoms with Gasteiger partial charge in [-0.3, -0.25) is 9.67 Å². The Morgan fingerprint density at radius 2 is 1.60 bits per heavy atom. The fourth-order valence-electron chi connectivity index (χ4n) is 3.95. The van der Waals surface area contributed by atoms with Crippen molar-refractivity contribution in [3.8, 4) is 22.8 Å². The smallest absolute Gasteiger partial charge is 0.124 e. The van der Waals surface area contributed by atoms with Crippen LogP contribution >= 0.6 is 0 Å². The van der Waals surface area contributed by atoms with E-state index in [2.05, 4.69) is 15.0 Å². The maximum absolute atomic E-state index is 5.91. The van der Waals surface area contributed by atoms with Crippen LogP contribution in [0.1, 0.15) is 5.56 Å². The molecule has 0 saturated carbocycles. The van der Waals surface area contributed by atoms with Gasteiger partial charge in [-0.05, 0) is 35.9 Å². The number of ether oxygens (including phenoxy) is 2. The third-order valence-corrected chi connectivity index (χ3v) is 5.81. The highest BCUT2D eigenvalue weighted by atomic mass is 16.5.